The van der Waals surface area contributed by atoms with Gasteiger partial charge in [-0.25, -0.2) is 4.39 Å². The van der Waals surface area contributed by atoms with E-state index in [1.807, 2.05) is 48.5 Å². The van der Waals surface area contributed by atoms with Gasteiger partial charge in [0.2, 0.25) is 5.91 Å². The zero-order valence-electron chi connectivity index (χ0n) is 17.4. The van der Waals surface area contributed by atoms with Crippen LogP contribution in [0.5, 0.6) is 0 Å². The fourth-order valence-corrected chi connectivity index (χ4v) is 4.86. The summed E-state index contributed by atoms with van der Waals surface area (Å²) in [4.78, 5) is 18.0. The Labute approximate surface area is 182 Å². The summed E-state index contributed by atoms with van der Waals surface area (Å²) in [7, 11) is 0. The smallest absolute Gasteiger partial charge is 0.225 e. The molecule has 2 aliphatic rings. The molecule has 1 N–H and O–H groups in total. The number of amides is 1. The first-order chi connectivity index (χ1) is 15.2. The second-order valence-corrected chi connectivity index (χ2v) is 8.33. The van der Waals surface area contributed by atoms with Crippen molar-refractivity contribution in [2.24, 2.45) is 5.92 Å². The fraction of sp³-hybridized carbons (Fsp3) is 0.269. The number of anilines is 2. The first-order valence-corrected chi connectivity index (χ1v) is 10.9. The van der Waals surface area contributed by atoms with Gasteiger partial charge >= 0.3 is 0 Å². The number of hydrogen-bond donors (Lipinski definition) is 1. The molecule has 5 heteroatoms. The summed E-state index contributed by atoms with van der Waals surface area (Å²) < 4.78 is 13.4. The molecular weight excluding hydrogens is 389 g/mol. The van der Waals surface area contributed by atoms with Crippen molar-refractivity contribution >= 4 is 17.3 Å². The lowest BCUT2D eigenvalue weighted by Crippen LogP contribution is -2.61. The highest BCUT2D eigenvalue weighted by molar-refractivity contribution is 5.82. The van der Waals surface area contributed by atoms with Gasteiger partial charge in [-0.15, -0.1) is 0 Å². The molecule has 0 aliphatic carbocycles. The van der Waals surface area contributed by atoms with Crippen molar-refractivity contribution in [2.45, 2.75) is 19.0 Å². The number of para-hydroxylation sites is 1. The predicted octanol–water partition coefficient (Wildman–Crippen LogP) is 4.01. The molecule has 2 atom stereocenters. The van der Waals surface area contributed by atoms with Gasteiger partial charge in [-0.05, 0) is 47.9 Å². The standard InChI is InChI=1S/C26H26FN3O/c27-21-10-12-22(13-11-21)29-14-15-30-24-9-5-4-8-20(24)16-23(25(30)18-29)26(31)28-17-19-6-2-1-3-7-19/h1-13,23,25H,14-18H2,(H,28,31)/t23-,25-/m0/s1. The Balaban J connectivity index is 1.39. The van der Waals surface area contributed by atoms with Gasteiger partial charge in [-0.1, -0.05) is 48.5 Å². The number of halogens is 1. The molecule has 1 saturated heterocycles. The van der Waals surface area contributed by atoms with Gasteiger partial charge in [0.1, 0.15) is 5.82 Å². The van der Waals surface area contributed by atoms with Gasteiger partial charge in [-0.2, -0.15) is 0 Å². The zero-order valence-corrected chi connectivity index (χ0v) is 17.4. The number of piperazine rings is 1. The first kappa shape index (κ1) is 19.6. The van der Waals surface area contributed by atoms with Gasteiger partial charge in [0.15, 0.2) is 0 Å². The molecule has 0 aromatic heterocycles. The lowest BCUT2D eigenvalue weighted by molar-refractivity contribution is -0.126. The van der Waals surface area contributed by atoms with Crippen molar-refractivity contribution in [2.75, 3.05) is 29.4 Å². The van der Waals surface area contributed by atoms with Gasteiger partial charge in [0, 0.05) is 37.6 Å². The van der Waals surface area contributed by atoms with Crippen LogP contribution in [0.4, 0.5) is 15.8 Å². The third-order valence-electron chi connectivity index (χ3n) is 6.46. The Hall–Kier alpha value is -3.34. The summed E-state index contributed by atoms with van der Waals surface area (Å²) in [5.74, 6) is -0.275. The molecular formula is C26H26FN3O. The summed E-state index contributed by atoms with van der Waals surface area (Å²) in [6.07, 6.45) is 0.731. The lowest BCUT2D eigenvalue weighted by Gasteiger charge is -2.49. The van der Waals surface area contributed by atoms with Crippen LogP contribution in [0.25, 0.3) is 0 Å². The van der Waals surface area contributed by atoms with E-state index in [0.29, 0.717) is 6.54 Å². The molecule has 1 amide bonds. The zero-order chi connectivity index (χ0) is 21.2. The van der Waals surface area contributed by atoms with Crippen molar-refractivity contribution < 1.29 is 9.18 Å². The maximum atomic E-state index is 13.4. The number of rotatable bonds is 4. The average molecular weight is 416 g/mol. The Morgan fingerprint density at radius 1 is 0.935 bits per heavy atom. The van der Waals surface area contributed by atoms with E-state index >= 15 is 0 Å². The first-order valence-electron chi connectivity index (χ1n) is 10.9. The van der Waals surface area contributed by atoms with Gasteiger partial charge in [0.25, 0.3) is 0 Å². The van der Waals surface area contributed by atoms with Crippen molar-refractivity contribution in [3.05, 3.63) is 95.8 Å². The van der Waals surface area contributed by atoms with Crippen LogP contribution in [-0.4, -0.2) is 31.6 Å². The minimum atomic E-state index is -0.229. The molecule has 1 fully saturated rings. The highest BCUT2D eigenvalue weighted by atomic mass is 19.1. The molecule has 0 unspecified atom stereocenters. The molecule has 3 aromatic rings. The predicted molar refractivity (Wildman–Crippen MR) is 122 cm³/mol. The summed E-state index contributed by atoms with van der Waals surface area (Å²) in [5, 5.41) is 3.16. The number of nitrogens with zero attached hydrogens (tertiary/aromatic N) is 2. The summed E-state index contributed by atoms with van der Waals surface area (Å²) >= 11 is 0. The van der Waals surface area contributed by atoms with Crippen LogP contribution >= 0.6 is 0 Å². The second kappa shape index (κ2) is 8.42. The van der Waals surface area contributed by atoms with Crippen molar-refractivity contribution in [1.82, 2.24) is 5.32 Å². The van der Waals surface area contributed by atoms with Gasteiger partial charge in [-0.3, -0.25) is 4.79 Å². The molecule has 0 radical (unpaired) electrons. The Bertz CT molecular complexity index is 1050. The van der Waals surface area contributed by atoms with E-state index in [-0.39, 0.29) is 23.7 Å². The van der Waals surface area contributed by atoms with Crippen LogP contribution in [0.2, 0.25) is 0 Å². The van der Waals surface area contributed by atoms with E-state index in [1.165, 1.54) is 23.4 Å². The largest absolute Gasteiger partial charge is 0.368 e. The van der Waals surface area contributed by atoms with Crippen LogP contribution in [0.1, 0.15) is 11.1 Å². The monoisotopic (exact) mass is 415 g/mol. The number of nitrogens with one attached hydrogen (secondary N) is 1. The van der Waals surface area contributed by atoms with Gasteiger partial charge in [0.05, 0.1) is 12.0 Å². The van der Waals surface area contributed by atoms with Crippen LogP contribution in [0.15, 0.2) is 78.9 Å². The van der Waals surface area contributed by atoms with Gasteiger partial charge < -0.3 is 15.1 Å². The summed E-state index contributed by atoms with van der Waals surface area (Å²) in [6.45, 7) is 2.95. The summed E-state index contributed by atoms with van der Waals surface area (Å²) in [5.41, 5.74) is 4.57. The normalized spacial score (nSPS) is 20.0. The van der Waals surface area contributed by atoms with Crippen molar-refractivity contribution in [1.29, 1.82) is 0 Å². The number of carbonyl (C=O) groups excluding carboxylic acids is 1. The van der Waals surface area contributed by atoms with Crippen molar-refractivity contribution in [3.63, 3.8) is 0 Å². The minimum Gasteiger partial charge on any atom is -0.368 e. The van der Waals surface area contributed by atoms with E-state index in [2.05, 4.69) is 33.3 Å². The molecule has 31 heavy (non-hydrogen) atoms. The molecule has 0 bridgehead atoms. The topological polar surface area (TPSA) is 35.6 Å². The van der Waals surface area contributed by atoms with Crippen molar-refractivity contribution in [3.8, 4) is 0 Å². The third-order valence-corrected chi connectivity index (χ3v) is 6.46. The molecule has 0 spiro atoms. The number of carbonyl (C=O) groups is 1. The minimum absolute atomic E-state index is 0.0736. The molecule has 158 valence electrons. The van der Waals surface area contributed by atoms with E-state index in [1.54, 1.807) is 0 Å². The van der Waals surface area contributed by atoms with E-state index in [9.17, 15) is 9.18 Å². The highest BCUT2D eigenvalue weighted by Gasteiger charge is 2.41. The molecule has 2 aliphatic heterocycles. The number of hydrogen-bond acceptors (Lipinski definition) is 3. The number of fused-ring (bicyclic) bond motifs is 3. The third kappa shape index (κ3) is 4.00. The summed E-state index contributed by atoms with van der Waals surface area (Å²) in [6, 6.07) is 25.1. The Kier molecular flexibility index (Phi) is 5.33. The molecule has 3 aromatic carbocycles. The lowest BCUT2D eigenvalue weighted by atomic mass is 9.83. The van der Waals surface area contributed by atoms with Crippen LogP contribution < -0.4 is 15.1 Å². The van der Waals surface area contributed by atoms with E-state index in [0.717, 1.165) is 37.3 Å². The molecule has 5 rings (SSSR count). The Morgan fingerprint density at radius 3 is 2.48 bits per heavy atom. The number of benzene rings is 3. The van der Waals surface area contributed by atoms with E-state index in [4.69, 9.17) is 0 Å². The molecule has 4 nitrogen and oxygen atoms in total. The highest BCUT2D eigenvalue weighted by Crippen LogP contribution is 2.37. The second-order valence-electron chi connectivity index (χ2n) is 8.33. The van der Waals surface area contributed by atoms with Crippen LogP contribution in [0.3, 0.4) is 0 Å². The molecule has 0 saturated carbocycles. The Morgan fingerprint density at radius 2 is 1.68 bits per heavy atom. The molecule has 2 heterocycles. The van der Waals surface area contributed by atoms with Crippen LogP contribution in [-0.2, 0) is 17.8 Å². The quantitative estimate of drug-likeness (QED) is 0.699. The van der Waals surface area contributed by atoms with E-state index < -0.39 is 0 Å². The average Bonchev–Trinajstić information content (AvgIpc) is 2.83. The maximum absolute atomic E-state index is 13.4. The maximum Gasteiger partial charge on any atom is 0.225 e. The fourth-order valence-electron chi connectivity index (χ4n) is 4.86. The van der Waals surface area contributed by atoms with Crippen LogP contribution in [0, 0.1) is 11.7 Å². The SMILES string of the molecule is O=C(NCc1ccccc1)[C@H]1Cc2ccccc2N2CCN(c3ccc(F)cc3)C[C@@H]12.